The Morgan fingerprint density at radius 1 is 1.56 bits per heavy atom. The van der Waals surface area contributed by atoms with Crippen molar-refractivity contribution in [1.29, 1.82) is 0 Å². The highest BCUT2D eigenvalue weighted by molar-refractivity contribution is 6.31. The van der Waals surface area contributed by atoms with E-state index in [0.717, 1.165) is 0 Å². The summed E-state index contributed by atoms with van der Waals surface area (Å²) in [5.74, 6) is -1.47. The van der Waals surface area contributed by atoms with Crippen LogP contribution in [0.4, 0.5) is 4.39 Å². The zero-order valence-electron chi connectivity index (χ0n) is 10.8. The molecular weight excluding hydrogens is 259 g/mol. The monoisotopic (exact) mass is 274 g/mol. The van der Waals surface area contributed by atoms with Crippen LogP contribution in [-0.4, -0.2) is 18.2 Å². The van der Waals surface area contributed by atoms with Crippen LogP contribution < -0.4 is 4.74 Å². The average Bonchev–Trinajstić information content (AvgIpc) is 2.25. The number of carbonyl (C=O) groups is 1. The zero-order valence-corrected chi connectivity index (χ0v) is 11.6. The van der Waals surface area contributed by atoms with Crippen LogP contribution in [0.15, 0.2) is 6.07 Å². The summed E-state index contributed by atoms with van der Waals surface area (Å²) in [6.45, 7) is 4.87. The Balaban J connectivity index is 3.35. The Kier molecular flexibility index (Phi) is 4.22. The smallest absolute Gasteiger partial charge is 0.309 e. The van der Waals surface area contributed by atoms with Crippen molar-refractivity contribution in [3.05, 3.63) is 28.0 Å². The molecule has 0 bridgehead atoms. The summed E-state index contributed by atoms with van der Waals surface area (Å²) in [6, 6.07) is 1.17. The fourth-order valence-corrected chi connectivity index (χ4v) is 1.90. The van der Waals surface area contributed by atoms with E-state index >= 15 is 0 Å². The molecule has 0 heterocycles. The molecule has 0 amide bonds. The van der Waals surface area contributed by atoms with Crippen molar-refractivity contribution in [2.45, 2.75) is 27.2 Å². The Morgan fingerprint density at radius 2 is 2.11 bits per heavy atom. The van der Waals surface area contributed by atoms with Gasteiger partial charge in [0.1, 0.15) is 0 Å². The van der Waals surface area contributed by atoms with Crippen molar-refractivity contribution in [2.24, 2.45) is 5.41 Å². The first-order chi connectivity index (χ1) is 8.20. The number of benzene rings is 1. The molecule has 0 fully saturated rings. The normalized spacial score (nSPS) is 11.4. The van der Waals surface area contributed by atoms with E-state index in [2.05, 4.69) is 0 Å². The molecule has 1 N–H and O–H groups in total. The first-order valence-electron chi connectivity index (χ1n) is 5.45. The van der Waals surface area contributed by atoms with Crippen LogP contribution in [0.1, 0.15) is 25.0 Å². The number of rotatable bonds is 4. The minimum absolute atomic E-state index is 0.0613. The number of hydrogen-bond donors (Lipinski definition) is 1. The largest absolute Gasteiger partial charge is 0.493 e. The summed E-state index contributed by atoms with van der Waals surface area (Å²) in [6.07, 6.45) is 0.148. The standard InChI is InChI=1S/C13H16ClFO3/c1-7-8(6-13(2,3)12(16)17)11(18-4)10(15)5-9(7)14/h5H,6H2,1-4H3,(H,16,17). The van der Waals surface area contributed by atoms with Gasteiger partial charge >= 0.3 is 5.97 Å². The van der Waals surface area contributed by atoms with Gasteiger partial charge in [-0.15, -0.1) is 0 Å². The molecule has 0 radical (unpaired) electrons. The summed E-state index contributed by atoms with van der Waals surface area (Å²) < 4.78 is 18.7. The molecule has 100 valence electrons. The summed E-state index contributed by atoms with van der Waals surface area (Å²) in [5.41, 5.74) is 0.119. The van der Waals surface area contributed by atoms with Gasteiger partial charge in [0, 0.05) is 10.6 Å². The number of aliphatic carboxylic acids is 1. The van der Waals surface area contributed by atoms with Gasteiger partial charge in [0.15, 0.2) is 11.6 Å². The average molecular weight is 275 g/mol. The van der Waals surface area contributed by atoms with Crippen molar-refractivity contribution < 1.29 is 19.0 Å². The van der Waals surface area contributed by atoms with Gasteiger partial charge in [0.2, 0.25) is 0 Å². The van der Waals surface area contributed by atoms with Gasteiger partial charge in [-0.3, -0.25) is 4.79 Å². The lowest BCUT2D eigenvalue weighted by Gasteiger charge is -2.22. The van der Waals surface area contributed by atoms with Crippen molar-refractivity contribution in [2.75, 3.05) is 7.11 Å². The molecule has 0 saturated carbocycles. The van der Waals surface area contributed by atoms with Gasteiger partial charge in [-0.1, -0.05) is 11.6 Å². The fourth-order valence-electron chi connectivity index (χ4n) is 1.69. The van der Waals surface area contributed by atoms with Gasteiger partial charge in [0.25, 0.3) is 0 Å². The Hall–Kier alpha value is -1.29. The van der Waals surface area contributed by atoms with E-state index in [0.29, 0.717) is 11.1 Å². The second-order valence-electron chi connectivity index (χ2n) is 4.84. The lowest BCUT2D eigenvalue weighted by Crippen LogP contribution is -2.27. The highest BCUT2D eigenvalue weighted by atomic mass is 35.5. The van der Waals surface area contributed by atoms with Crippen LogP contribution in [0, 0.1) is 18.2 Å². The molecular formula is C13H16ClFO3. The number of methoxy groups -OCH3 is 1. The van der Waals surface area contributed by atoms with Crippen molar-refractivity contribution >= 4 is 17.6 Å². The van der Waals surface area contributed by atoms with E-state index in [9.17, 15) is 9.18 Å². The number of ether oxygens (including phenoxy) is 1. The summed E-state index contributed by atoms with van der Waals surface area (Å²) >= 11 is 5.91. The molecule has 0 aliphatic carbocycles. The molecule has 1 aromatic rings. The first-order valence-corrected chi connectivity index (χ1v) is 5.83. The van der Waals surface area contributed by atoms with Crippen molar-refractivity contribution in [3.63, 3.8) is 0 Å². The van der Waals surface area contributed by atoms with Crippen LogP contribution in [0.2, 0.25) is 5.02 Å². The predicted molar refractivity (Wildman–Crippen MR) is 67.8 cm³/mol. The maximum atomic E-state index is 13.7. The third-order valence-corrected chi connectivity index (χ3v) is 3.35. The minimum Gasteiger partial charge on any atom is -0.493 e. The Morgan fingerprint density at radius 3 is 2.56 bits per heavy atom. The molecule has 0 saturated heterocycles. The van der Waals surface area contributed by atoms with E-state index in [1.165, 1.54) is 13.2 Å². The molecule has 5 heteroatoms. The van der Waals surface area contributed by atoms with Crippen LogP contribution >= 0.6 is 11.6 Å². The van der Waals surface area contributed by atoms with E-state index in [1.807, 2.05) is 0 Å². The fraction of sp³-hybridized carbons (Fsp3) is 0.462. The molecule has 0 aromatic heterocycles. The van der Waals surface area contributed by atoms with Gasteiger partial charge < -0.3 is 9.84 Å². The molecule has 1 rings (SSSR count). The quantitative estimate of drug-likeness (QED) is 0.915. The topological polar surface area (TPSA) is 46.5 Å². The van der Waals surface area contributed by atoms with Crippen molar-refractivity contribution in [1.82, 2.24) is 0 Å². The van der Waals surface area contributed by atoms with E-state index in [1.54, 1.807) is 20.8 Å². The molecule has 0 spiro atoms. The van der Waals surface area contributed by atoms with Crippen LogP contribution in [0.25, 0.3) is 0 Å². The number of carboxylic acids is 1. The van der Waals surface area contributed by atoms with Crippen LogP contribution in [0.3, 0.4) is 0 Å². The summed E-state index contributed by atoms with van der Waals surface area (Å²) in [5, 5.41) is 9.40. The molecule has 1 aromatic carbocycles. The summed E-state index contributed by atoms with van der Waals surface area (Å²) in [4.78, 5) is 11.1. The maximum Gasteiger partial charge on any atom is 0.309 e. The second-order valence-corrected chi connectivity index (χ2v) is 5.25. The zero-order chi connectivity index (χ0) is 14.1. The third kappa shape index (κ3) is 2.75. The lowest BCUT2D eigenvalue weighted by atomic mass is 9.84. The summed E-state index contributed by atoms with van der Waals surface area (Å²) in [7, 11) is 1.35. The molecule has 0 unspecified atom stereocenters. The van der Waals surface area contributed by atoms with Gasteiger partial charge in [-0.05, 0) is 38.8 Å². The van der Waals surface area contributed by atoms with E-state index in [4.69, 9.17) is 21.4 Å². The first kappa shape index (κ1) is 14.8. The molecule has 0 aliphatic heterocycles. The SMILES string of the molecule is COc1c(F)cc(Cl)c(C)c1CC(C)(C)C(=O)O. The maximum absolute atomic E-state index is 13.7. The molecule has 3 nitrogen and oxygen atoms in total. The Bertz CT molecular complexity index is 484. The molecule has 18 heavy (non-hydrogen) atoms. The number of carboxylic acid groups (broad SMARTS) is 1. The lowest BCUT2D eigenvalue weighted by molar-refractivity contribution is -0.146. The van der Waals surface area contributed by atoms with Gasteiger partial charge in [0.05, 0.1) is 12.5 Å². The van der Waals surface area contributed by atoms with E-state index < -0.39 is 17.2 Å². The van der Waals surface area contributed by atoms with Gasteiger partial charge in [-0.2, -0.15) is 0 Å². The number of halogens is 2. The van der Waals surface area contributed by atoms with Crippen LogP contribution in [-0.2, 0) is 11.2 Å². The van der Waals surface area contributed by atoms with E-state index in [-0.39, 0.29) is 17.2 Å². The minimum atomic E-state index is -1.02. The van der Waals surface area contributed by atoms with Crippen molar-refractivity contribution in [3.8, 4) is 5.75 Å². The highest BCUT2D eigenvalue weighted by Gasteiger charge is 2.30. The highest BCUT2D eigenvalue weighted by Crippen LogP contribution is 2.36. The van der Waals surface area contributed by atoms with Gasteiger partial charge in [-0.25, -0.2) is 4.39 Å². The molecule has 0 atom stereocenters. The Labute approximate surface area is 111 Å². The number of hydrogen-bond acceptors (Lipinski definition) is 2. The van der Waals surface area contributed by atoms with Crippen LogP contribution in [0.5, 0.6) is 5.75 Å². The predicted octanol–water partition coefficient (Wildman–Crippen LogP) is 3.45. The second kappa shape index (κ2) is 5.14. The third-order valence-electron chi connectivity index (χ3n) is 2.96. The molecule has 0 aliphatic rings.